The van der Waals surface area contributed by atoms with Crippen molar-refractivity contribution in [3.05, 3.63) is 33.8 Å². The van der Waals surface area contributed by atoms with Gasteiger partial charge in [-0.15, -0.1) is 0 Å². The zero-order valence-electron chi connectivity index (χ0n) is 6.90. The van der Waals surface area contributed by atoms with Crippen LogP contribution in [0.15, 0.2) is 18.2 Å². The van der Waals surface area contributed by atoms with Crippen LogP contribution in [0.4, 0.5) is 0 Å². The summed E-state index contributed by atoms with van der Waals surface area (Å²) in [5.41, 5.74) is 5.17. The zero-order chi connectivity index (χ0) is 9.84. The van der Waals surface area contributed by atoms with Gasteiger partial charge in [-0.2, -0.15) is 0 Å². The van der Waals surface area contributed by atoms with Gasteiger partial charge in [-0.25, -0.2) is 5.43 Å². The summed E-state index contributed by atoms with van der Waals surface area (Å²) in [4.78, 5) is 11.3. The van der Waals surface area contributed by atoms with E-state index in [4.69, 9.17) is 23.2 Å². The normalized spacial score (nSPS) is 9.77. The molecule has 0 bridgehead atoms. The van der Waals surface area contributed by atoms with Gasteiger partial charge < -0.3 is 0 Å². The van der Waals surface area contributed by atoms with Gasteiger partial charge in [-0.3, -0.25) is 10.2 Å². The molecule has 2 N–H and O–H groups in total. The summed E-state index contributed by atoms with van der Waals surface area (Å²) in [6.07, 6.45) is 0. The Morgan fingerprint density at radius 1 is 1.31 bits per heavy atom. The molecule has 0 aliphatic carbocycles. The van der Waals surface area contributed by atoms with Crippen LogP contribution >= 0.6 is 23.2 Å². The Labute approximate surface area is 86.0 Å². The Balaban J connectivity index is 3.05. The molecule has 3 nitrogen and oxygen atoms in total. The maximum Gasteiger partial charge on any atom is 0.268 e. The van der Waals surface area contributed by atoms with Gasteiger partial charge in [0.15, 0.2) is 0 Å². The Kier molecular flexibility index (Phi) is 3.54. The number of amides is 1. The molecule has 0 unspecified atom stereocenters. The molecule has 1 aromatic carbocycles. The summed E-state index contributed by atoms with van der Waals surface area (Å²) >= 11 is 11.6. The number of carbonyl (C=O) groups excluding carboxylic acids is 1. The molecule has 0 spiro atoms. The summed E-state index contributed by atoms with van der Waals surface area (Å²) in [5.74, 6) is -0.349. The van der Waals surface area contributed by atoms with E-state index in [1.165, 1.54) is 0 Å². The maximum atomic E-state index is 11.3. The van der Waals surface area contributed by atoms with Crippen LogP contribution in [0.3, 0.4) is 0 Å². The third-order valence-electron chi connectivity index (χ3n) is 1.43. The molecular formula is C8H8Cl2N2O. The number of hydrazine groups is 1. The lowest BCUT2D eigenvalue weighted by molar-refractivity contribution is 0.0938. The Hall–Kier alpha value is -0.770. The van der Waals surface area contributed by atoms with Gasteiger partial charge in [0.05, 0.1) is 15.6 Å². The van der Waals surface area contributed by atoms with Crippen molar-refractivity contribution in [1.82, 2.24) is 10.9 Å². The predicted molar refractivity (Wildman–Crippen MR) is 53.0 cm³/mol. The molecule has 0 aromatic heterocycles. The topological polar surface area (TPSA) is 41.1 Å². The largest absolute Gasteiger partial charge is 0.288 e. The van der Waals surface area contributed by atoms with E-state index in [-0.39, 0.29) is 11.5 Å². The first-order chi connectivity index (χ1) is 6.16. The van der Waals surface area contributed by atoms with E-state index in [2.05, 4.69) is 10.9 Å². The quantitative estimate of drug-likeness (QED) is 0.745. The molecule has 0 aliphatic heterocycles. The van der Waals surface area contributed by atoms with Crippen molar-refractivity contribution in [3.8, 4) is 0 Å². The van der Waals surface area contributed by atoms with Crippen LogP contribution < -0.4 is 10.9 Å². The standard InChI is InChI=1S/C8H8Cl2N2O/c1-11-12-8(13)7-5(9)3-2-4-6(7)10/h2-4,11H,1H3,(H,12,13). The average Bonchev–Trinajstić information content (AvgIpc) is 2.04. The van der Waals surface area contributed by atoms with E-state index in [0.29, 0.717) is 10.0 Å². The summed E-state index contributed by atoms with van der Waals surface area (Å²) in [6.45, 7) is 0. The van der Waals surface area contributed by atoms with Crippen molar-refractivity contribution in [1.29, 1.82) is 0 Å². The Morgan fingerprint density at radius 2 is 1.85 bits per heavy atom. The lowest BCUT2D eigenvalue weighted by Gasteiger charge is -2.06. The minimum atomic E-state index is -0.349. The highest BCUT2D eigenvalue weighted by molar-refractivity contribution is 6.39. The van der Waals surface area contributed by atoms with E-state index in [1.807, 2.05) is 0 Å². The van der Waals surface area contributed by atoms with Gasteiger partial charge in [0.2, 0.25) is 0 Å². The average molecular weight is 219 g/mol. The molecule has 0 radical (unpaired) electrons. The number of nitrogens with one attached hydrogen (secondary N) is 2. The molecule has 70 valence electrons. The third-order valence-corrected chi connectivity index (χ3v) is 2.06. The lowest BCUT2D eigenvalue weighted by atomic mass is 10.2. The molecule has 13 heavy (non-hydrogen) atoms. The fraction of sp³-hybridized carbons (Fsp3) is 0.125. The first-order valence-electron chi connectivity index (χ1n) is 3.58. The minimum absolute atomic E-state index is 0.278. The molecule has 0 saturated heterocycles. The van der Waals surface area contributed by atoms with E-state index < -0.39 is 0 Å². The second kappa shape index (κ2) is 4.46. The lowest BCUT2D eigenvalue weighted by Crippen LogP contribution is -2.34. The first kappa shape index (κ1) is 10.3. The molecule has 0 fully saturated rings. The molecular weight excluding hydrogens is 211 g/mol. The SMILES string of the molecule is CNNC(=O)c1c(Cl)cccc1Cl. The maximum absolute atomic E-state index is 11.3. The van der Waals surface area contributed by atoms with E-state index >= 15 is 0 Å². The van der Waals surface area contributed by atoms with Crippen LogP contribution in [-0.2, 0) is 0 Å². The summed E-state index contributed by atoms with van der Waals surface area (Å²) in [5, 5.41) is 0.667. The van der Waals surface area contributed by atoms with Crippen molar-refractivity contribution in [2.75, 3.05) is 7.05 Å². The zero-order valence-corrected chi connectivity index (χ0v) is 8.41. The second-order valence-corrected chi connectivity index (χ2v) is 3.12. The molecule has 1 rings (SSSR count). The van der Waals surface area contributed by atoms with Crippen LogP contribution in [0.25, 0.3) is 0 Å². The third kappa shape index (κ3) is 2.34. The van der Waals surface area contributed by atoms with Crippen LogP contribution in [0.2, 0.25) is 10.0 Å². The van der Waals surface area contributed by atoms with E-state index in [1.54, 1.807) is 25.2 Å². The number of carbonyl (C=O) groups is 1. The van der Waals surface area contributed by atoms with Gasteiger partial charge in [0.25, 0.3) is 5.91 Å². The molecule has 0 aliphatic rings. The smallest absolute Gasteiger partial charge is 0.268 e. The van der Waals surface area contributed by atoms with Gasteiger partial charge in [0, 0.05) is 7.05 Å². The molecule has 1 amide bonds. The monoisotopic (exact) mass is 218 g/mol. The van der Waals surface area contributed by atoms with Crippen molar-refractivity contribution in [3.63, 3.8) is 0 Å². The fourth-order valence-electron chi connectivity index (χ4n) is 0.891. The van der Waals surface area contributed by atoms with Crippen LogP contribution in [0, 0.1) is 0 Å². The van der Waals surface area contributed by atoms with E-state index in [0.717, 1.165) is 0 Å². The minimum Gasteiger partial charge on any atom is -0.288 e. The van der Waals surface area contributed by atoms with Crippen molar-refractivity contribution in [2.24, 2.45) is 0 Å². The van der Waals surface area contributed by atoms with Gasteiger partial charge in [-0.05, 0) is 12.1 Å². The molecule has 1 aromatic rings. The van der Waals surface area contributed by atoms with E-state index in [9.17, 15) is 4.79 Å². The van der Waals surface area contributed by atoms with Crippen molar-refractivity contribution in [2.45, 2.75) is 0 Å². The Bertz CT molecular complexity index is 308. The summed E-state index contributed by atoms with van der Waals surface area (Å²) < 4.78 is 0. The molecule has 5 heteroatoms. The van der Waals surface area contributed by atoms with Crippen LogP contribution in [0.1, 0.15) is 10.4 Å². The number of rotatable bonds is 2. The highest BCUT2D eigenvalue weighted by Gasteiger charge is 2.12. The first-order valence-corrected chi connectivity index (χ1v) is 4.33. The van der Waals surface area contributed by atoms with Gasteiger partial charge in [-0.1, -0.05) is 29.3 Å². The van der Waals surface area contributed by atoms with Crippen molar-refractivity contribution < 1.29 is 4.79 Å². The fourth-order valence-corrected chi connectivity index (χ4v) is 1.46. The summed E-state index contributed by atoms with van der Waals surface area (Å²) in [7, 11) is 1.59. The van der Waals surface area contributed by atoms with Crippen LogP contribution in [-0.4, -0.2) is 13.0 Å². The second-order valence-electron chi connectivity index (χ2n) is 2.30. The molecule has 0 atom stereocenters. The van der Waals surface area contributed by atoms with Crippen molar-refractivity contribution >= 4 is 29.1 Å². The highest BCUT2D eigenvalue weighted by atomic mass is 35.5. The number of benzene rings is 1. The number of hydrogen-bond donors (Lipinski definition) is 2. The van der Waals surface area contributed by atoms with Gasteiger partial charge in [0.1, 0.15) is 0 Å². The predicted octanol–water partition coefficient (Wildman–Crippen LogP) is 1.86. The Morgan fingerprint density at radius 3 is 2.31 bits per heavy atom. The number of halogens is 2. The highest BCUT2D eigenvalue weighted by Crippen LogP contribution is 2.23. The molecule has 0 saturated carbocycles. The summed E-state index contributed by atoms with van der Waals surface area (Å²) in [6, 6.07) is 4.90. The molecule has 0 heterocycles. The van der Waals surface area contributed by atoms with Gasteiger partial charge >= 0.3 is 0 Å². The van der Waals surface area contributed by atoms with Crippen LogP contribution in [0.5, 0.6) is 0 Å². The number of hydrogen-bond acceptors (Lipinski definition) is 2.